The van der Waals surface area contributed by atoms with Crippen molar-refractivity contribution >= 4 is 28.7 Å². The van der Waals surface area contributed by atoms with Gasteiger partial charge in [0.15, 0.2) is 0 Å². The maximum absolute atomic E-state index is 13.4. The molecule has 2 aromatic carbocycles. The van der Waals surface area contributed by atoms with Crippen molar-refractivity contribution in [1.82, 2.24) is 0 Å². The number of ether oxygens (including phenoxy) is 1. The van der Waals surface area contributed by atoms with E-state index in [1.54, 1.807) is 18.2 Å². The average molecular weight is 667 g/mol. The third kappa shape index (κ3) is 12.4. The molecule has 0 saturated carbocycles. The molecule has 0 spiro atoms. The van der Waals surface area contributed by atoms with Gasteiger partial charge in [-0.05, 0) is 42.9 Å². The molecule has 2 atom stereocenters. The first-order valence-corrected chi connectivity index (χ1v) is 15.6. The van der Waals surface area contributed by atoms with Gasteiger partial charge < -0.3 is 15.0 Å². The van der Waals surface area contributed by atoms with Crippen LogP contribution in [0.15, 0.2) is 40.6 Å². The summed E-state index contributed by atoms with van der Waals surface area (Å²) in [6.45, 7) is 9.70. The zero-order chi connectivity index (χ0) is 35.2. The van der Waals surface area contributed by atoms with Crippen LogP contribution in [0, 0.1) is 34.5 Å². The molecule has 0 fully saturated rings. The van der Waals surface area contributed by atoms with Gasteiger partial charge in [-0.3, -0.25) is 4.79 Å². The minimum atomic E-state index is -5.22. The summed E-state index contributed by atoms with van der Waals surface area (Å²) in [4.78, 5) is 14.2. The Bertz CT molecular complexity index is 1390. The molecule has 0 aliphatic rings. The molecule has 2 rings (SSSR count). The second-order valence-corrected chi connectivity index (χ2v) is 11.2. The molecule has 2 aromatic rings. The molecule has 8 nitrogen and oxygen atoms in total. The molecule has 0 heterocycles. The second-order valence-electron chi connectivity index (χ2n) is 11.2. The number of hydrogen-bond donors (Lipinski definition) is 1. The molecule has 256 valence electrons. The number of anilines is 2. The van der Waals surface area contributed by atoms with Gasteiger partial charge in [0.25, 0.3) is 0 Å². The second kappa shape index (κ2) is 18.1. The Balaban J connectivity index is 2.66. The summed E-state index contributed by atoms with van der Waals surface area (Å²) in [5.74, 6) is -2.43. The number of amides is 1. The number of carbonyl (C=O) groups excluding carboxylic acids is 1. The molecule has 1 N–H and O–H groups in total. The molecular weight excluding hydrogens is 626 g/mol. The first-order valence-electron chi connectivity index (χ1n) is 15.6. The van der Waals surface area contributed by atoms with Gasteiger partial charge >= 0.3 is 18.4 Å². The van der Waals surface area contributed by atoms with Gasteiger partial charge in [-0.15, -0.1) is 23.4 Å². The highest BCUT2D eigenvalue weighted by Gasteiger charge is 2.39. The van der Waals surface area contributed by atoms with Crippen LogP contribution in [0.1, 0.15) is 90.2 Å². The minimum absolute atomic E-state index is 0.231. The first-order chi connectivity index (χ1) is 22.2. The topological polar surface area (TPSA) is 114 Å². The fourth-order valence-electron chi connectivity index (χ4n) is 5.03. The monoisotopic (exact) mass is 666 g/mol. The van der Waals surface area contributed by atoms with Crippen molar-refractivity contribution in [3.63, 3.8) is 0 Å². The Morgan fingerprint density at radius 3 is 1.83 bits per heavy atom. The predicted octanol–water partition coefficient (Wildman–Crippen LogP) is 10.5. The van der Waals surface area contributed by atoms with Crippen molar-refractivity contribution in [1.29, 1.82) is 10.5 Å². The summed E-state index contributed by atoms with van der Waals surface area (Å²) in [7, 11) is 0. The van der Waals surface area contributed by atoms with E-state index in [-0.39, 0.29) is 11.4 Å². The van der Waals surface area contributed by atoms with Crippen LogP contribution >= 0.6 is 0 Å². The highest BCUT2D eigenvalue weighted by molar-refractivity contribution is 5.98. The fourth-order valence-corrected chi connectivity index (χ4v) is 5.03. The van der Waals surface area contributed by atoms with Crippen LogP contribution < -0.4 is 15.0 Å². The van der Waals surface area contributed by atoms with Crippen LogP contribution in [0.5, 0.6) is 5.75 Å². The number of rotatable bonds is 17. The summed E-state index contributed by atoms with van der Waals surface area (Å²) in [6, 6.07) is 9.05. The SMILES string of the molecule is CCCCC(CC)CN(CC(CC)CCCC)c1ccc(N=Nc2c(C#N)cc(OC(F)(F)F)cc2C#N)c(NC(=O)C(F)(F)F)c1. The minimum Gasteiger partial charge on any atom is -0.406 e. The van der Waals surface area contributed by atoms with Crippen LogP contribution in [0.25, 0.3) is 0 Å². The van der Waals surface area contributed by atoms with Crippen molar-refractivity contribution in [3.05, 3.63) is 41.5 Å². The number of azo groups is 1. The Labute approximate surface area is 271 Å². The third-order valence-corrected chi connectivity index (χ3v) is 7.71. The van der Waals surface area contributed by atoms with Gasteiger partial charge in [0.05, 0.1) is 16.8 Å². The number of carbonyl (C=O) groups is 1. The lowest BCUT2D eigenvalue weighted by molar-refractivity contribution is -0.274. The van der Waals surface area contributed by atoms with E-state index in [4.69, 9.17) is 0 Å². The lowest BCUT2D eigenvalue weighted by Gasteiger charge is -2.33. The highest BCUT2D eigenvalue weighted by atomic mass is 19.4. The number of alkyl halides is 6. The van der Waals surface area contributed by atoms with Crippen molar-refractivity contribution in [2.75, 3.05) is 23.3 Å². The van der Waals surface area contributed by atoms with Gasteiger partial charge in [0, 0.05) is 30.9 Å². The Morgan fingerprint density at radius 1 is 0.872 bits per heavy atom. The van der Waals surface area contributed by atoms with E-state index in [0.29, 0.717) is 42.7 Å². The van der Waals surface area contributed by atoms with Crippen molar-refractivity contribution in [3.8, 4) is 17.9 Å². The van der Waals surface area contributed by atoms with Gasteiger partial charge in [0.1, 0.15) is 29.3 Å². The number of nitrogens with one attached hydrogen (secondary N) is 1. The predicted molar refractivity (Wildman–Crippen MR) is 167 cm³/mol. The van der Waals surface area contributed by atoms with Crippen LogP contribution in [0.4, 0.5) is 49.1 Å². The molecule has 0 aliphatic heterocycles. The number of hydrogen-bond acceptors (Lipinski definition) is 7. The lowest BCUT2D eigenvalue weighted by atomic mass is 9.95. The van der Waals surface area contributed by atoms with Gasteiger partial charge in [0.2, 0.25) is 0 Å². The summed E-state index contributed by atoms with van der Waals surface area (Å²) >= 11 is 0. The van der Waals surface area contributed by atoms with Crippen LogP contribution in [-0.4, -0.2) is 31.5 Å². The lowest BCUT2D eigenvalue weighted by Crippen LogP contribution is -2.34. The standard InChI is InChI=1S/C33H40F6N6O2/c1-5-9-11-22(7-3)20-45(21-23(8-4)12-10-6-2)26-13-14-28(29(17-26)42-31(46)32(34,35)36)43-44-30-24(18-40)15-27(16-25(30)19-41)47-33(37,38)39/h13-17,22-23H,5-12,20-21H2,1-4H3,(H,42,46). The molecule has 0 aliphatic carbocycles. The third-order valence-electron chi connectivity index (χ3n) is 7.71. The number of nitrogens with zero attached hydrogens (tertiary/aromatic N) is 5. The number of benzene rings is 2. The molecule has 0 aromatic heterocycles. The van der Waals surface area contributed by atoms with Gasteiger partial charge in [-0.25, -0.2) is 0 Å². The van der Waals surface area contributed by atoms with Crippen LogP contribution in [0.3, 0.4) is 0 Å². The maximum atomic E-state index is 13.4. The first kappa shape index (κ1) is 38.9. The van der Waals surface area contributed by atoms with E-state index in [1.165, 1.54) is 12.1 Å². The van der Waals surface area contributed by atoms with E-state index in [1.807, 2.05) is 5.32 Å². The molecule has 14 heteroatoms. The number of nitriles is 2. The Morgan fingerprint density at radius 2 is 1.40 bits per heavy atom. The molecule has 2 unspecified atom stereocenters. The Hall–Kier alpha value is -4.33. The molecule has 0 bridgehead atoms. The van der Waals surface area contributed by atoms with E-state index < -0.39 is 41.0 Å². The van der Waals surface area contributed by atoms with Crippen LogP contribution in [0.2, 0.25) is 0 Å². The summed E-state index contributed by atoms with van der Waals surface area (Å²) in [5, 5.41) is 28.7. The van der Waals surface area contributed by atoms with Crippen molar-refractivity contribution in [2.45, 2.75) is 91.6 Å². The molecule has 0 saturated heterocycles. The Kier molecular flexibility index (Phi) is 15.0. The summed E-state index contributed by atoms with van der Waals surface area (Å²) in [5.41, 5.74) is -1.40. The average Bonchev–Trinajstić information content (AvgIpc) is 3.02. The van der Waals surface area contributed by atoms with Gasteiger partial charge in [-0.1, -0.05) is 66.2 Å². The van der Waals surface area contributed by atoms with E-state index in [2.05, 4.69) is 47.6 Å². The zero-order valence-corrected chi connectivity index (χ0v) is 26.9. The van der Waals surface area contributed by atoms with Crippen LogP contribution in [-0.2, 0) is 4.79 Å². The number of halogens is 6. The zero-order valence-electron chi connectivity index (χ0n) is 26.9. The molecular formula is C33H40F6N6O2. The van der Waals surface area contributed by atoms with E-state index >= 15 is 0 Å². The fraction of sp³-hybridized carbons (Fsp3) is 0.545. The quantitative estimate of drug-likeness (QED) is 0.133. The maximum Gasteiger partial charge on any atom is 0.573 e. The van der Waals surface area contributed by atoms with E-state index in [9.17, 15) is 41.7 Å². The normalized spacial score (nSPS) is 13.1. The van der Waals surface area contributed by atoms with Crippen molar-refractivity contribution < 1.29 is 35.9 Å². The van der Waals surface area contributed by atoms with Crippen molar-refractivity contribution in [2.24, 2.45) is 22.1 Å². The molecule has 47 heavy (non-hydrogen) atoms. The molecule has 0 radical (unpaired) electrons. The largest absolute Gasteiger partial charge is 0.573 e. The smallest absolute Gasteiger partial charge is 0.406 e. The highest BCUT2D eigenvalue weighted by Crippen LogP contribution is 2.37. The number of unbranched alkanes of at least 4 members (excludes halogenated alkanes) is 2. The van der Waals surface area contributed by atoms with E-state index in [0.717, 1.165) is 51.4 Å². The summed E-state index contributed by atoms with van der Waals surface area (Å²) in [6.07, 6.45) is -2.43. The molecule has 1 amide bonds. The summed E-state index contributed by atoms with van der Waals surface area (Å²) < 4.78 is 82.1. The van der Waals surface area contributed by atoms with Gasteiger partial charge in [-0.2, -0.15) is 23.7 Å².